The second-order valence-corrected chi connectivity index (χ2v) is 9.39. The van der Waals surface area contributed by atoms with Gasteiger partial charge < -0.3 is 0 Å². The molecule has 3 aliphatic rings. The third-order valence-corrected chi connectivity index (χ3v) is 7.14. The van der Waals surface area contributed by atoms with Crippen LogP contribution in [0.4, 0.5) is 0 Å². The summed E-state index contributed by atoms with van der Waals surface area (Å²) >= 11 is 6.46. The van der Waals surface area contributed by atoms with Gasteiger partial charge in [0, 0.05) is 0 Å². The number of nitrogens with zero attached hydrogens (tertiary/aromatic N) is 2. The molecule has 0 saturated carbocycles. The zero-order chi connectivity index (χ0) is 22.0. The summed E-state index contributed by atoms with van der Waals surface area (Å²) in [5.41, 5.74) is 6.36. The summed E-state index contributed by atoms with van der Waals surface area (Å²) in [4.78, 5) is 39.2. The van der Waals surface area contributed by atoms with Gasteiger partial charge in [0.25, 0.3) is 17.7 Å². The van der Waals surface area contributed by atoms with Gasteiger partial charge in [0.1, 0.15) is 0 Å². The van der Waals surface area contributed by atoms with Crippen LogP contribution in [0.15, 0.2) is 71.6 Å². The average Bonchev–Trinajstić information content (AvgIpc) is 3.38. The maximum absolute atomic E-state index is 13.2. The first-order valence-electron chi connectivity index (χ1n) is 10.00. The Hall–Kier alpha value is -3.55. The molecular weight excluding hydrogens is 440 g/mol. The SMILES string of the molecule is O=C1/C(=C/c2ccc3c(c2)Cc2ccccc2-3)SC(=S)N1N1C(=O)c2ccccc2C1=O. The van der Waals surface area contributed by atoms with E-state index in [9.17, 15) is 14.4 Å². The van der Waals surface area contributed by atoms with Crippen LogP contribution in [0.5, 0.6) is 0 Å². The highest BCUT2D eigenvalue weighted by Crippen LogP contribution is 2.39. The lowest BCUT2D eigenvalue weighted by Crippen LogP contribution is -2.48. The number of thioether (sulfide) groups is 1. The number of benzene rings is 3. The lowest BCUT2D eigenvalue weighted by atomic mass is 10.0. The second-order valence-electron chi connectivity index (χ2n) is 7.71. The van der Waals surface area contributed by atoms with E-state index in [2.05, 4.69) is 24.3 Å². The number of hydrogen-bond acceptors (Lipinski definition) is 5. The third kappa shape index (κ3) is 2.71. The molecule has 0 atom stereocenters. The molecule has 1 aliphatic carbocycles. The minimum Gasteiger partial charge on any atom is -0.267 e. The number of hydrogen-bond donors (Lipinski definition) is 0. The Balaban J connectivity index is 1.31. The minimum absolute atomic E-state index is 0.157. The van der Waals surface area contributed by atoms with Crippen molar-refractivity contribution in [2.24, 2.45) is 0 Å². The Kier molecular flexibility index (Phi) is 4.18. The Morgan fingerprint density at radius 1 is 0.719 bits per heavy atom. The van der Waals surface area contributed by atoms with E-state index in [1.807, 2.05) is 18.2 Å². The van der Waals surface area contributed by atoms with Gasteiger partial charge in [-0.05, 0) is 64.7 Å². The van der Waals surface area contributed by atoms with Gasteiger partial charge in [0.2, 0.25) is 0 Å². The van der Waals surface area contributed by atoms with Crippen molar-refractivity contribution in [3.8, 4) is 11.1 Å². The Labute approximate surface area is 193 Å². The molecule has 0 N–H and O–H groups in total. The van der Waals surface area contributed by atoms with Crippen molar-refractivity contribution in [1.29, 1.82) is 0 Å². The molecule has 6 rings (SSSR count). The Morgan fingerprint density at radius 3 is 2.06 bits per heavy atom. The van der Waals surface area contributed by atoms with Gasteiger partial charge in [-0.25, -0.2) is 0 Å². The van der Waals surface area contributed by atoms with Crippen LogP contribution >= 0.6 is 24.0 Å². The topological polar surface area (TPSA) is 57.7 Å². The van der Waals surface area contributed by atoms with Gasteiger partial charge in [-0.15, -0.1) is 0 Å². The van der Waals surface area contributed by atoms with Crippen molar-refractivity contribution in [3.05, 3.63) is 99.5 Å². The first-order valence-corrected chi connectivity index (χ1v) is 11.2. The molecule has 1 saturated heterocycles. The van der Waals surface area contributed by atoms with Crippen LogP contribution in [0.2, 0.25) is 0 Å². The molecule has 2 heterocycles. The number of thiocarbonyl (C=S) groups is 1. The summed E-state index contributed by atoms with van der Waals surface area (Å²) in [7, 11) is 0. The molecule has 3 aromatic carbocycles. The van der Waals surface area contributed by atoms with E-state index in [1.54, 1.807) is 30.3 Å². The van der Waals surface area contributed by atoms with E-state index in [1.165, 1.54) is 22.3 Å². The number of carbonyl (C=O) groups is 3. The highest BCUT2D eigenvalue weighted by atomic mass is 32.2. The zero-order valence-corrected chi connectivity index (χ0v) is 18.2. The van der Waals surface area contributed by atoms with Crippen LogP contribution in [0.3, 0.4) is 0 Å². The molecule has 2 aliphatic heterocycles. The fourth-order valence-corrected chi connectivity index (χ4v) is 5.64. The van der Waals surface area contributed by atoms with Gasteiger partial charge in [0.05, 0.1) is 16.0 Å². The molecule has 32 heavy (non-hydrogen) atoms. The van der Waals surface area contributed by atoms with Gasteiger partial charge in [-0.3, -0.25) is 14.4 Å². The van der Waals surface area contributed by atoms with Crippen LogP contribution in [0, 0.1) is 0 Å². The maximum Gasteiger partial charge on any atom is 0.285 e. The van der Waals surface area contributed by atoms with E-state index in [4.69, 9.17) is 12.2 Å². The Bertz CT molecular complexity index is 1390. The third-order valence-electron chi connectivity index (χ3n) is 5.86. The molecule has 1 fully saturated rings. The summed E-state index contributed by atoms with van der Waals surface area (Å²) < 4.78 is 0.157. The molecule has 0 aromatic heterocycles. The quantitative estimate of drug-likeness (QED) is 0.250. The maximum atomic E-state index is 13.2. The molecule has 0 spiro atoms. The fraction of sp³-hybridized carbons (Fsp3) is 0.0400. The van der Waals surface area contributed by atoms with Crippen LogP contribution in [0.1, 0.15) is 37.4 Å². The predicted molar refractivity (Wildman–Crippen MR) is 127 cm³/mol. The van der Waals surface area contributed by atoms with Crippen LogP contribution in [0.25, 0.3) is 17.2 Å². The number of rotatable bonds is 2. The van der Waals surface area contributed by atoms with E-state index >= 15 is 0 Å². The van der Waals surface area contributed by atoms with E-state index in [0.717, 1.165) is 33.8 Å². The summed E-state index contributed by atoms with van der Waals surface area (Å²) in [6.07, 6.45) is 2.61. The standard InChI is InChI=1S/C25H14N2O3S2/c28-22-19-7-3-4-8-20(19)23(29)26(22)27-24(30)21(32-25(27)31)12-14-9-10-18-16(11-14)13-15-5-1-2-6-17(15)18/h1-12H,13H2/b21-12-. The normalized spacial score (nSPS) is 17.9. The minimum atomic E-state index is -0.543. The number of carbonyl (C=O) groups excluding carboxylic acids is 3. The highest BCUT2D eigenvalue weighted by Gasteiger charge is 2.46. The molecular formula is C25H14N2O3S2. The van der Waals surface area contributed by atoms with E-state index in [-0.39, 0.29) is 15.4 Å². The van der Waals surface area contributed by atoms with Gasteiger partial charge >= 0.3 is 0 Å². The second kappa shape index (κ2) is 6.98. The van der Waals surface area contributed by atoms with Gasteiger partial charge in [-0.1, -0.05) is 66.4 Å². The zero-order valence-electron chi connectivity index (χ0n) is 16.6. The van der Waals surface area contributed by atoms with Crippen LogP contribution in [-0.2, 0) is 11.2 Å². The number of hydrazine groups is 1. The first-order chi connectivity index (χ1) is 15.5. The van der Waals surface area contributed by atoms with Crippen molar-refractivity contribution < 1.29 is 14.4 Å². The molecule has 0 unspecified atom stereocenters. The molecule has 3 aromatic rings. The number of fused-ring (bicyclic) bond motifs is 4. The van der Waals surface area contributed by atoms with E-state index < -0.39 is 17.7 Å². The van der Waals surface area contributed by atoms with Crippen molar-refractivity contribution in [2.45, 2.75) is 6.42 Å². The van der Waals surface area contributed by atoms with Gasteiger partial charge in [-0.2, -0.15) is 10.0 Å². The lowest BCUT2D eigenvalue weighted by molar-refractivity contribution is -0.128. The van der Waals surface area contributed by atoms with Crippen molar-refractivity contribution in [1.82, 2.24) is 10.0 Å². The molecule has 154 valence electrons. The Morgan fingerprint density at radius 2 is 1.34 bits per heavy atom. The molecule has 0 bridgehead atoms. The molecule has 0 radical (unpaired) electrons. The molecule has 3 amide bonds. The predicted octanol–water partition coefficient (Wildman–Crippen LogP) is 4.67. The highest BCUT2D eigenvalue weighted by molar-refractivity contribution is 8.26. The summed E-state index contributed by atoms with van der Waals surface area (Å²) in [5, 5.41) is 1.86. The molecule has 5 nitrogen and oxygen atoms in total. The summed E-state index contributed by atoms with van der Waals surface area (Å²) in [6, 6.07) is 20.9. The monoisotopic (exact) mass is 454 g/mol. The first kappa shape index (κ1) is 19.2. The number of amides is 3. The van der Waals surface area contributed by atoms with E-state index in [0.29, 0.717) is 4.91 Å². The summed E-state index contributed by atoms with van der Waals surface area (Å²) in [6.45, 7) is 0. The van der Waals surface area contributed by atoms with Crippen LogP contribution < -0.4 is 0 Å². The van der Waals surface area contributed by atoms with Crippen molar-refractivity contribution in [2.75, 3.05) is 0 Å². The smallest absolute Gasteiger partial charge is 0.267 e. The van der Waals surface area contributed by atoms with Crippen LogP contribution in [-0.4, -0.2) is 32.1 Å². The van der Waals surface area contributed by atoms with Gasteiger partial charge in [0.15, 0.2) is 4.32 Å². The van der Waals surface area contributed by atoms with Crippen molar-refractivity contribution >= 4 is 52.1 Å². The van der Waals surface area contributed by atoms with Crippen molar-refractivity contribution in [3.63, 3.8) is 0 Å². The molecule has 7 heteroatoms. The lowest BCUT2D eigenvalue weighted by Gasteiger charge is -2.23. The summed E-state index contributed by atoms with van der Waals surface area (Å²) in [5.74, 6) is -1.56. The average molecular weight is 455 g/mol. The largest absolute Gasteiger partial charge is 0.285 e. The fourth-order valence-electron chi connectivity index (χ4n) is 4.40. The number of imide groups is 1.